The van der Waals surface area contributed by atoms with E-state index in [2.05, 4.69) is 87.2 Å². The molecule has 1 atom stereocenters. The van der Waals surface area contributed by atoms with Gasteiger partial charge >= 0.3 is 0 Å². The second-order valence-electron chi connectivity index (χ2n) is 8.07. The average Bonchev–Trinajstić information content (AvgIpc) is 2.60. The van der Waals surface area contributed by atoms with Crippen LogP contribution in [0.2, 0.25) is 0 Å². The number of rotatable bonds is 3. The zero-order valence-corrected chi connectivity index (χ0v) is 15.7. The molecule has 1 aliphatic heterocycles. The molecule has 132 valence electrons. The summed E-state index contributed by atoms with van der Waals surface area (Å²) in [6.07, 6.45) is 9.32. The van der Waals surface area contributed by atoms with Gasteiger partial charge in [0.05, 0.1) is 5.60 Å². The third kappa shape index (κ3) is 3.59. The first-order valence-corrected chi connectivity index (χ1v) is 9.38. The van der Waals surface area contributed by atoms with Gasteiger partial charge in [-0.15, -0.1) is 0 Å². The van der Waals surface area contributed by atoms with E-state index in [4.69, 9.17) is 4.74 Å². The molecule has 0 saturated heterocycles. The van der Waals surface area contributed by atoms with E-state index in [1.807, 2.05) is 0 Å². The standard InChI is InChI=1S/C25H26O/c1-18-8-6-9-19(14-18)15-20-10-7-12-21(16-20)24-23-13-5-4-11-22(23)17-25(2,3)26-24/h4-13,16,24H,1,14-15,17H2,2-3H3. The molecule has 0 radical (unpaired) electrons. The van der Waals surface area contributed by atoms with Crippen LogP contribution in [0.25, 0.3) is 0 Å². The number of hydrogen-bond acceptors (Lipinski definition) is 1. The van der Waals surface area contributed by atoms with Crippen molar-refractivity contribution in [3.05, 3.63) is 107 Å². The van der Waals surface area contributed by atoms with Crippen LogP contribution in [0.4, 0.5) is 0 Å². The first-order valence-electron chi connectivity index (χ1n) is 9.38. The van der Waals surface area contributed by atoms with E-state index >= 15 is 0 Å². The second-order valence-corrected chi connectivity index (χ2v) is 8.07. The molecule has 0 saturated carbocycles. The molecule has 1 heterocycles. The van der Waals surface area contributed by atoms with Crippen LogP contribution in [0.3, 0.4) is 0 Å². The molecule has 1 unspecified atom stereocenters. The molecule has 0 bridgehead atoms. The van der Waals surface area contributed by atoms with E-state index in [-0.39, 0.29) is 11.7 Å². The monoisotopic (exact) mass is 342 g/mol. The summed E-state index contributed by atoms with van der Waals surface area (Å²) in [5.74, 6) is 0. The van der Waals surface area contributed by atoms with Gasteiger partial charge in [0.1, 0.15) is 6.10 Å². The van der Waals surface area contributed by atoms with Gasteiger partial charge in [-0.2, -0.15) is 0 Å². The fraction of sp³-hybridized carbons (Fsp3) is 0.280. The van der Waals surface area contributed by atoms with Gasteiger partial charge in [-0.05, 0) is 48.9 Å². The number of ether oxygens (including phenoxy) is 1. The zero-order valence-electron chi connectivity index (χ0n) is 15.7. The van der Waals surface area contributed by atoms with Gasteiger partial charge in [-0.25, -0.2) is 0 Å². The Morgan fingerprint density at radius 2 is 1.96 bits per heavy atom. The number of benzene rings is 2. The minimum absolute atomic E-state index is 0.00472. The van der Waals surface area contributed by atoms with Crippen LogP contribution in [0, 0.1) is 0 Å². The lowest BCUT2D eigenvalue weighted by Crippen LogP contribution is -2.35. The summed E-state index contributed by atoms with van der Waals surface area (Å²) in [6, 6.07) is 17.6. The lowest BCUT2D eigenvalue weighted by atomic mass is 9.85. The van der Waals surface area contributed by atoms with Gasteiger partial charge in [0.15, 0.2) is 0 Å². The molecular weight excluding hydrogens is 316 g/mol. The van der Waals surface area contributed by atoms with Crippen molar-refractivity contribution in [2.24, 2.45) is 0 Å². The van der Waals surface area contributed by atoms with E-state index in [1.165, 1.54) is 33.4 Å². The van der Waals surface area contributed by atoms with Crippen molar-refractivity contribution in [2.45, 2.75) is 44.8 Å². The number of allylic oxidation sites excluding steroid dienone is 5. The Bertz CT molecular complexity index is 898. The Labute approximate surface area is 156 Å². The topological polar surface area (TPSA) is 9.23 Å². The minimum Gasteiger partial charge on any atom is -0.363 e. The molecule has 2 aromatic carbocycles. The zero-order chi connectivity index (χ0) is 18.1. The summed E-state index contributed by atoms with van der Waals surface area (Å²) < 4.78 is 6.51. The van der Waals surface area contributed by atoms with Crippen molar-refractivity contribution in [2.75, 3.05) is 0 Å². The van der Waals surface area contributed by atoms with Crippen LogP contribution >= 0.6 is 0 Å². The summed E-state index contributed by atoms with van der Waals surface area (Å²) in [6.45, 7) is 8.46. The SMILES string of the molecule is C=C1C=CC=C(Cc2cccc(C3OC(C)(C)Cc4ccccc43)c2)C1. The second kappa shape index (κ2) is 6.74. The van der Waals surface area contributed by atoms with E-state index < -0.39 is 0 Å². The molecule has 0 amide bonds. The maximum atomic E-state index is 6.51. The third-order valence-corrected chi connectivity index (χ3v) is 5.19. The molecule has 26 heavy (non-hydrogen) atoms. The van der Waals surface area contributed by atoms with Crippen LogP contribution in [-0.2, 0) is 17.6 Å². The highest BCUT2D eigenvalue weighted by Gasteiger charge is 2.33. The van der Waals surface area contributed by atoms with E-state index in [9.17, 15) is 0 Å². The molecule has 1 heteroatoms. The fourth-order valence-electron chi connectivity index (χ4n) is 4.06. The normalized spacial score (nSPS) is 21.2. The van der Waals surface area contributed by atoms with Crippen LogP contribution in [0.15, 0.2) is 84.5 Å². The van der Waals surface area contributed by atoms with Crippen LogP contribution < -0.4 is 0 Å². The van der Waals surface area contributed by atoms with Gasteiger partial charge in [0.2, 0.25) is 0 Å². The largest absolute Gasteiger partial charge is 0.363 e. The number of hydrogen-bond donors (Lipinski definition) is 0. The first-order chi connectivity index (χ1) is 12.5. The molecular formula is C25H26O. The van der Waals surface area contributed by atoms with Crippen molar-refractivity contribution in [3.8, 4) is 0 Å². The fourth-order valence-corrected chi connectivity index (χ4v) is 4.06. The van der Waals surface area contributed by atoms with Crippen molar-refractivity contribution in [3.63, 3.8) is 0 Å². The van der Waals surface area contributed by atoms with Gasteiger partial charge < -0.3 is 4.74 Å². The molecule has 0 spiro atoms. The van der Waals surface area contributed by atoms with Gasteiger partial charge in [-0.3, -0.25) is 0 Å². The molecule has 2 aliphatic rings. The summed E-state index contributed by atoms with van der Waals surface area (Å²) >= 11 is 0. The summed E-state index contributed by atoms with van der Waals surface area (Å²) in [5, 5.41) is 0. The maximum absolute atomic E-state index is 6.51. The van der Waals surface area contributed by atoms with Crippen LogP contribution in [-0.4, -0.2) is 5.60 Å². The van der Waals surface area contributed by atoms with E-state index in [0.29, 0.717) is 0 Å². The lowest BCUT2D eigenvalue weighted by Gasteiger charge is -2.38. The highest BCUT2D eigenvalue weighted by molar-refractivity contribution is 5.41. The van der Waals surface area contributed by atoms with Crippen molar-refractivity contribution in [1.82, 2.24) is 0 Å². The third-order valence-electron chi connectivity index (χ3n) is 5.19. The predicted octanol–water partition coefficient (Wildman–Crippen LogP) is 6.11. The summed E-state index contributed by atoms with van der Waals surface area (Å²) in [5.41, 5.74) is 7.73. The smallest absolute Gasteiger partial charge is 0.109 e. The van der Waals surface area contributed by atoms with Crippen molar-refractivity contribution < 1.29 is 4.74 Å². The van der Waals surface area contributed by atoms with Gasteiger partial charge in [0, 0.05) is 6.42 Å². The van der Waals surface area contributed by atoms with E-state index in [1.54, 1.807) is 0 Å². The Kier molecular flexibility index (Phi) is 4.42. The molecule has 0 fully saturated rings. The molecule has 2 aromatic rings. The molecule has 1 nitrogen and oxygen atoms in total. The summed E-state index contributed by atoms with van der Waals surface area (Å²) in [4.78, 5) is 0. The lowest BCUT2D eigenvalue weighted by molar-refractivity contribution is -0.0668. The van der Waals surface area contributed by atoms with Gasteiger partial charge in [0.25, 0.3) is 0 Å². The van der Waals surface area contributed by atoms with Crippen LogP contribution in [0.1, 0.15) is 48.6 Å². The van der Waals surface area contributed by atoms with Crippen LogP contribution in [0.5, 0.6) is 0 Å². The van der Waals surface area contributed by atoms with Crippen molar-refractivity contribution >= 4 is 0 Å². The van der Waals surface area contributed by atoms with Crippen molar-refractivity contribution in [1.29, 1.82) is 0 Å². The molecule has 1 aliphatic carbocycles. The molecule has 4 rings (SSSR count). The molecule has 0 aromatic heterocycles. The Morgan fingerprint density at radius 1 is 1.12 bits per heavy atom. The predicted molar refractivity (Wildman–Crippen MR) is 108 cm³/mol. The van der Waals surface area contributed by atoms with Gasteiger partial charge in [-0.1, -0.05) is 84.5 Å². The summed E-state index contributed by atoms with van der Waals surface area (Å²) in [7, 11) is 0. The minimum atomic E-state index is -0.149. The Hall–Kier alpha value is -2.38. The number of fused-ring (bicyclic) bond motifs is 1. The highest BCUT2D eigenvalue weighted by Crippen LogP contribution is 2.39. The first kappa shape index (κ1) is 17.1. The molecule has 0 N–H and O–H groups in total. The quantitative estimate of drug-likeness (QED) is 0.653. The Balaban J connectivity index is 1.65. The Morgan fingerprint density at radius 3 is 2.81 bits per heavy atom. The van der Waals surface area contributed by atoms with E-state index in [0.717, 1.165) is 19.3 Å². The average molecular weight is 342 g/mol. The maximum Gasteiger partial charge on any atom is 0.109 e. The highest BCUT2D eigenvalue weighted by atomic mass is 16.5.